The number of rotatable bonds is 3. The molecule has 1 aromatic heterocycles. The molecule has 1 aromatic rings. The molecule has 0 spiro atoms. The molecule has 1 amide bonds. The SMILES string of the molecule is NCc1nc(CN2CCCCCCC2=O)no1. The maximum Gasteiger partial charge on any atom is 0.240 e. The minimum absolute atomic E-state index is 0.184. The lowest BCUT2D eigenvalue weighted by Gasteiger charge is -2.23. The molecule has 2 heterocycles. The normalized spacial score (nSPS) is 17.9. The van der Waals surface area contributed by atoms with Gasteiger partial charge in [-0.25, -0.2) is 0 Å². The zero-order chi connectivity index (χ0) is 12.1. The Kier molecular flexibility index (Phi) is 4.08. The molecule has 1 fully saturated rings. The highest BCUT2D eigenvalue weighted by Gasteiger charge is 2.18. The molecule has 1 saturated heterocycles. The summed E-state index contributed by atoms with van der Waals surface area (Å²) in [5, 5.41) is 3.81. The van der Waals surface area contributed by atoms with E-state index in [1.807, 2.05) is 4.90 Å². The molecule has 0 aliphatic carbocycles. The minimum Gasteiger partial charge on any atom is -0.338 e. The Balaban J connectivity index is 1.97. The summed E-state index contributed by atoms with van der Waals surface area (Å²) in [6, 6.07) is 0. The van der Waals surface area contributed by atoms with Crippen LogP contribution in [0.5, 0.6) is 0 Å². The van der Waals surface area contributed by atoms with Crippen molar-refractivity contribution in [2.75, 3.05) is 6.54 Å². The van der Waals surface area contributed by atoms with Crippen LogP contribution < -0.4 is 5.73 Å². The van der Waals surface area contributed by atoms with E-state index in [-0.39, 0.29) is 12.5 Å². The Hall–Kier alpha value is -1.43. The number of likely N-dealkylation sites (tertiary alicyclic amines) is 1. The molecule has 0 atom stereocenters. The second kappa shape index (κ2) is 5.77. The van der Waals surface area contributed by atoms with Gasteiger partial charge in [-0.1, -0.05) is 18.0 Å². The van der Waals surface area contributed by atoms with E-state index in [0.717, 1.165) is 25.8 Å². The van der Waals surface area contributed by atoms with Crippen molar-refractivity contribution >= 4 is 5.91 Å². The Bertz CT molecular complexity index is 377. The van der Waals surface area contributed by atoms with E-state index in [2.05, 4.69) is 10.1 Å². The van der Waals surface area contributed by atoms with Gasteiger partial charge in [0.05, 0.1) is 13.1 Å². The van der Waals surface area contributed by atoms with Gasteiger partial charge in [0.25, 0.3) is 0 Å². The van der Waals surface area contributed by atoms with Crippen molar-refractivity contribution in [3.8, 4) is 0 Å². The van der Waals surface area contributed by atoms with Crippen LogP contribution in [-0.4, -0.2) is 27.5 Å². The third-order valence-corrected chi connectivity index (χ3v) is 2.94. The average Bonchev–Trinajstić information content (AvgIpc) is 2.77. The van der Waals surface area contributed by atoms with Gasteiger partial charge >= 0.3 is 0 Å². The van der Waals surface area contributed by atoms with Crippen LogP contribution in [0.15, 0.2) is 4.52 Å². The first kappa shape index (κ1) is 12.0. The molecule has 0 bridgehead atoms. The molecule has 6 nitrogen and oxygen atoms in total. The van der Waals surface area contributed by atoms with Crippen molar-refractivity contribution in [2.45, 2.75) is 45.2 Å². The molecular formula is C11H18N4O2. The predicted octanol–water partition coefficient (Wildman–Crippen LogP) is 0.821. The molecule has 0 saturated carbocycles. The fourth-order valence-corrected chi connectivity index (χ4v) is 1.99. The molecule has 2 N–H and O–H groups in total. The molecule has 17 heavy (non-hydrogen) atoms. The van der Waals surface area contributed by atoms with Crippen molar-refractivity contribution in [1.29, 1.82) is 0 Å². The van der Waals surface area contributed by atoms with Crippen LogP contribution in [0.3, 0.4) is 0 Å². The van der Waals surface area contributed by atoms with Crippen molar-refractivity contribution < 1.29 is 9.32 Å². The van der Waals surface area contributed by atoms with E-state index in [0.29, 0.717) is 24.7 Å². The lowest BCUT2D eigenvalue weighted by atomic mass is 10.1. The van der Waals surface area contributed by atoms with Gasteiger partial charge in [0.15, 0.2) is 5.82 Å². The number of nitrogens with zero attached hydrogens (tertiary/aromatic N) is 3. The summed E-state index contributed by atoms with van der Waals surface area (Å²) < 4.78 is 4.92. The fraction of sp³-hybridized carbons (Fsp3) is 0.727. The first-order valence-electron chi connectivity index (χ1n) is 6.09. The van der Waals surface area contributed by atoms with E-state index < -0.39 is 0 Å². The summed E-state index contributed by atoms with van der Waals surface area (Å²) in [5.74, 6) is 1.14. The smallest absolute Gasteiger partial charge is 0.240 e. The molecule has 0 aromatic carbocycles. The molecule has 1 aliphatic heterocycles. The van der Waals surface area contributed by atoms with Crippen molar-refractivity contribution in [2.24, 2.45) is 5.73 Å². The summed E-state index contributed by atoms with van der Waals surface area (Å²) in [7, 11) is 0. The van der Waals surface area contributed by atoms with Gasteiger partial charge in [0.1, 0.15) is 0 Å². The highest BCUT2D eigenvalue weighted by molar-refractivity contribution is 5.76. The number of carbonyl (C=O) groups is 1. The van der Waals surface area contributed by atoms with E-state index in [9.17, 15) is 4.79 Å². The summed E-state index contributed by atoms with van der Waals surface area (Å²) in [4.78, 5) is 17.8. The van der Waals surface area contributed by atoms with Gasteiger partial charge in [-0.3, -0.25) is 4.79 Å². The predicted molar refractivity (Wildman–Crippen MR) is 60.7 cm³/mol. The van der Waals surface area contributed by atoms with Crippen LogP contribution in [-0.2, 0) is 17.9 Å². The Morgan fingerprint density at radius 3 is 2.88 bits per heavy atom. The lowest BCUT2D eigenvalue weighted by molar-refractivity contribution is -0.132. The van der Waals surface area contributed by atoms with Crippen LogP contribution in [0.1, 0.15) is 43.8 Å². The monoisotopic (exact) mass is 238 g/mol. The van der Waals surface area contributed by atoms with Crippen molar-refractivity contribution in [3.63, 3.8) is 0 Å². The standard InChI is InChI=1S/C11H18N4O2/c12-7-10-13-9(14-17-10)8-15-6-4-2-1-3-5-11(15)16/h1-8,12H2. The molecule has 94 valence electrons. The second-order valence-corrected chi connectivity index (χ2v) is 4.29. The Morgan fingerprint density at radius 2 is 2.12 bits per heavy atom. The van der Waals surface area contributed by atoms with Crippen LogP contribution in [0, 0.1) is 0 Å². The second-order valence-electron chi connectivity index (χ2n) is 4.29. The van der Waals surface area contributed by atoms with Gasteiger partial charge < -0.3 is 15.2 Å². The third kappa shape index (κ3) is 3.26. The highest BCUT2D eigenvalue weighted by atomic mass is 16.5. The highest BCUT2D eigenvalue weighted by Crippen LogP contribution is 2.13. The molecule has 0 unspecified atom stereocenters. The average molecular weight is 238 g/mol. The molecule has 1 aliphatic rings. The number of nitrogens with two attached hydrogens (primary N) is 1. The van der Waals surface area contributed by atoms with Gasteiger partial charge in [0, 0.05) is 13.0 Å². The number of hydrogen-bond acceptors (Lipinski definition) is 5. The van der Waals surface area contributed by atoms with Gasteiger partial charge in [-0.15, -0.1) is 0 Å². The zero-order valence-corrected chi connectivity index (χ0v) is 9.89. The number of hydrogen-bond donors (Lipinski definition) is 1. The van der Waals surface area contributed by atoms with Gasteiger partial charge in [-0.05, 0) is 12.8 Å². The quantitative estimate of drug-likeness (QED) is 0.842. The van der Waals surface area contributed by atoms with Crippen LogP contribution in [0.2, 0.25) is 0 Å². The largest absolute Gasteiger partial charge is 0.338 e. The summed E-state index contributed by atoms with van der Waals surface area (Å²) in [6.45, 7) is 1.45. The first-order valence-corrected chi connectivity index (χ1v) is 6.09. The molecule has 2 rings (SSSR count). The van der Waals surface area contributed by atoms with E-state index in [1.54, 1.807) is 0 Å². The maximum absolute atomic E-state index is 11.9. The van der Waals surface area contributed by atoms with Crippen LogP contribution >= 0.6 is 0 Å². The maximum atomic E-state index is 11.9. The zero-order valence-electron chi connectivity index (χ0n) is 9.89. The van der Waals surface area contributed by atoms with E-state index in [4.69, 9.17) is 10.3 Å². The van der Waals surface area contributed by atoms with Gasteiger partial charge in [0.2, 0.25) is 11.8 Å². The Morgan fingerprint density at radius 1 is 1.29 bits per heavy atom. The molecular weight excluding hydrogens is 220 g/mol. The summed E-state index contributed by atoms with van der Waals surface area (Å²) in [6.07, 6.45) is 4.99. The minimum atomic E-state index is 0.184. The topological polar surface area (TPSA) is 85.2 Å². The van der Waals surface area contributed by atoms with Crippen LogP contribution in [0.4, 0.5) is 0 Å². The summed E-state index contributed by atoms with van der Waals surface area (Å²) in [5.41, 5.74) is 5.39. The lowest BCUT2D eigenvalue weighted by Crippen LogP contribution is -2.32. The number of carbonyl (C=O) groups excluding carboxylic acids is 1. The first-order chi connectivity index (χ1) is 8.29. The number of amides is 1. The molecule has 0 radical (unpaired) electrons. The van der Waals surface area contributed by atoms with E-state index >= 15 is 0 Å². The number of aromatic nitrogens is 2. The van der Waals surface area contributed by atoms with Gasteiger partial charge in [-0.2, -0.15) is 4.98 Å². The molecule has 6 heteroatoms. The Labute approximate surface area is 100 Å². The van der Waals surface area contributed by atoms with E-state index in [1.165, 1.54) is 6.42 Å². The third-order valence-electron chi connectivity index (χ3n) is 2.94. The van der Waals surface area contributed by atoms with Crippen LogP contribution in [0.25, 0.3) is 0 Å². The summed E-state index contributed by atoms with van der Waals surface area (Å²) >= 11 is 0. The van der Waals surface area contributed by atoms with Crippen molar-refractivity contribution in [3.05, 3.63) is 11.7 Å². The fourth-order valence-electron chi connectivity index (χ4n) is 1.99. The van der Waals surface area contributed by atoms with Crippen molar-refractivity contribution in [1.82, 2.24) is 15.0 Å².